The van der Waals surface area contributed by atoms with Gasteiger partial charge in [-0.15, -0.1) is 0 Å². The topological polar surface area (TPSA) is 34.2 Å². The van der Waals surface area contributed by atoms with E-state index in [4.69, 9.17) is 13.3 Å². The molecule has 0 unspecified atom stereocenters. The van der Waals surface area contributed by atoms with Gasteiger partial charge in [-0.05, 0) is 16.6 Å². The van der Waals surface area contributed by atoms with Gasteiger partial charge in [-0.25, -0.2) is 0 Å². The third-order valence-corrected chi connectivity index (χ3v) is 15.8. The zero-order valence-corrected chi connectivity index (χ0v) is 19.4. The lowest BCUT2D eigenvalue weighted by Crippen LogP contribution is -2.66. The van der Waals surface area contributed by atoms with Gasteiger partial charge in [-0.1, -0.05) is 41.5 Å². The van der Waals surface area contributed by atoms with Crippen molar-refractivity contribution in [3.8, 4) is 0 Å². The number of nitrogens with zero attached hydrogens (tertiary/aromatic N) is 2. The summed E-state index contributed by atoms with van der Waals surface area (Å²) >= 11 is 0. The fourth-order valence-corrected chi connectivity index (χ4v) is 14.0. The smallest absolute Gasteiger partial charge is 0.376 e. The molecule has 0 aliphatic carbocycles. The van der Waals surface area contributed by atoms with Crippen molar-refractivity contribution in [3.05, 3.63) is 0 Å². The highest BCUT2D eigenvalue weighted by Gasteiger charge is 2.49. The minimum atomic E-state index is -2.52. The van der Waals surface area contributed by atoms with Crippen LogP contribution in [0.1, 0.15) is 41.5 Å². The number of rotatable bonds is 9. The van der Waals surface area contributed by atoms with Crippen molar-refractivity contribution < 1.29 is 13.3 Å². The largest absolute Gasteiger partial charge is 0.514 e. The first-order valence-electron chi connectivity index (χ1n) is 9.33. The van der Waals surface area contributed by atoms with Gasteiger partial charge in [0.2, 0.25) is 0 Å². The summed E-state index contributed by atoms with van der Waals surface area (Å²) in [5.74, 6) is 0. The molecule has 0 saturated carbocycles. The predicted molar refractivity (Wildman–Crippen MR) is 106 cm³/mol. The number of piperazine rings is 1. The van der Waals surface area contributed by atoms with Crippen molar-refractivity contribution in [3.63, 3.8) is 0 Å². The Balaban J connectivity index is 2.82. The molecule has 0 bridgehead atoms. The third-order valence-electron chi connectivity index (χ3n) is 6.04. The second-order valence-corrected chi connectivity index (χ2v) is 16.7. The van der Waals surface area contributed by atoms with Gasteiger partial charge >= 0.3 is 8.80 Å². The summed E-state index contributed by atoms with van der Waals surface area (Å²) in [7, 11) is 1.06. The van der Waals surface area contributed by atoms with Crippen LogP contribution in [0, 0.1) is 0 Å². The van der Waals surface area contributed by atoms with E-state index >= 15 is 0 Å². The molecule has 0 N–H and O–H groups in total. The molecule has 7 heteroatoms. The highest BCUT2D eigenvalue weighted by Crippen LogP contribution is 2.44. The van der Waals surface area contributed by atoms with Crippen LogP contribution in [0.5, 0.6) is 0 Å². The van der Waals surface area contributed by atoms with Gasteiger partial charge in [0.15, 0.2) is 0 Å². The molecule has 0 amide bonds. The van der Waals surface area contributed by atoms with E-state index in [1.54, 1.807) is 21.3 Å². The number of hydrogen-bond acceptors (Lipinski definition) is 5. The molecule has 0 spiro atoms. The SMILES string of the molecule is CO[Si](CN1CCN([Si](C(C)C)(C(C)C)C(C)C)CC1)(OC)OC. The standard InChI is InChI=1S/C17H40N2O3Si2/c1-15(2)24(16(3)4,17(5)6)19-12-10-18(11-13-19)14-23(20-7,21-8)22-9/h15-17H,10-14H2,1-9H3. The van der Waals surface area contributed by atoms with Gasteiger partial charge in [0.1, 0.15) is 8.24 Å². The molecule has 0 radical (unpaired) electrons. The normalized spacial score (nSPS) is 19.0. The Morgan fingerprint density at radius 2 is 1.08 bits per heavy atom. The van der Waals surface area contributed by atoms with E-state index in [2.05, 4.69) is 51.0 Å². The first kappa shape index (κ1) is 22.3. The van der Waals surface area contributed by atoms with Gasteiger partial charge < -0.3 is 17.8 Å². The Hall–Kier alpha value is 0.234. The Labute approximate surface area is 152 Å². The Kier molecular flexibility index (Phi) is 8.59. The summed E-state index contributed by atoms with van der Waals surface area (Å²) in [6.45, 7) is 19.1. The van der Waals surface area contributed by atoms with Crippen LogP contribution >= 0.6 is 0 Å². The van der Waals surface area contributed by atoms with E-state index in [1.165, 1.54) is 0 Å². The van der Waals surface area contributed by atoms with Crippen molar-refractivity contribution in [2.24, 2.45) is 0 Å². The predicted octanol–water partition coefficient (Wildman–Crippen LogP) is 3.20. The maximum absolute atomic E-state index is 5.60. The second kappa shape index (κ2) is 9.25. The first-order chi connectivity index (χ1) is 11.2. The van der Waals surface area contributed by atoms with Gasteiger partial charge in [0.05, 0.1) is 6.17 Å². The van der Waals surface area contributed by atoms with Crippen LogP contribution in [-0.2, 0) is 13.3 Å². The molecule has 1 aliphatic rings. The Morgan fingerprint density at radius 1 is 0.708 bits per heavy atom. The van der Waals surface area contributed by atoms with E-state index in [9.17, 15) is 0 Å². The van der Waals surface area contributed by atoms with Gasteiger partial charge in [-0.2, -0.15) is 0 Å². The molecule has 24 heavy (non-hydrogen) atoms. The summed E-state index contributed by atoms with van der Waals surface area (Å²) in [6, 6.07) is 0. The van der Waals surface area contributed by atoms with Crippen LogP contribution in [0.25, 0.3) is 0 Å². The Morgan fingerprint density at radius 3 is 1.38 bits per heavy atom. The van der Waals surface area contributed by atoms with Gasteiger partial charge in [0.25, 0.3) is 0 Å². The minimum Gasteiger partial charge on any atom is -0.376 e. The highest BCUT2D eigenvalue weighted by atomic mass is 28.4. The van der Waals surface area contributed by atoms with E-state index in [0.29, 0.717) is 0 Å². The molecule has 144 valence electrons. The minimum absolute atomic E-state index is 0.773. The lowest BCUT2D eigenvalue weighted by molar-refractivity contribution is 0.0922. The molecule has 0 aromatic rings. The van der Waals surface area contributed by atoms with Crippen LogP contribution < -0.4 is 0 Å². The van der Waals surface area contributed by atoms with Crippen molar-refractivity contribution in [2.45, 2.75) is 58.2 Å². The zero-order chi connectivity index (χ0) is 18.5. The average molecular weight is 377 g/mol. The second-order valence-electron chi connectivity index (χ2n) is 7.91. The summed E-state index contributed by atoms with van der Waals surface area (Å²) in [4.78, 5) is 2.46. The maximum Gasteiger partial charge on any atom is 0.514 e. The van der Waals surface area contributed by atoms with Crippen LogP contribution in [0.2, 0.25) is 16.6 Å². The molecular formula is C17H40N2O3Si2. The quantitative estimate of drug-likeness (QED) is 0.577. The van der Waals surface area contributed by atoms with Gasteiger partial charge in [-0.3, -0.25) is 4.90 Å². The molecule has 1 heterocycles. The average Bonchev–Trinajstić information content (AvgIpc) is 2.53. The lowest BCUT2D eigenvalue weighted by atomic mass is 10.4. The molecule has 1 rings (SSSR count). The molecular weight excluding hydrogens is 336 g/mol. The molecule has 0 aromatic heterocycles. The molecule has 5 nitrogen and oxygen atoms in total. The Bertz CT molecular complexity index is 339. The fraction of sp³-hybridized carbons (Fsp3) is 1.00. The van der Waals surface area contributed by atoms with Crippen molar-refractivity contribution in [2.75, 3.05) is 53.7 Å². The van der Waals surface area contributed by atoms with Crippen LogP contribution in [0.3, 0.4) is 0 Å². The summed E-state index contributed by atoms with van der Waals surface area (Å²) in [5.41, 5.74) is 2.32. The maximum atomic E-state index is 5.60. The summed E-state index contributed by atoms with van der Waals surface area (Å²) in [5, 5.41) is 0. The molecule has 0 aromatic carbocycles. The first-order valence-corrected chi connectivity index (χ1v) is 13.4. The molecule has 1 aliphatic heterocycles. The van der Waals surface area contributed by atoms with E-state index in [1.807, 2.05) is 0 Å². The lowest BCUT2D eigenvalue weighted by Gasteiger charge is -2.54. The van der Waals surface area contributed by atoms with Crippen LogP contribution in [0.15, 0.2) is 0 Å². The monoisotopic (exact) mass is 376 g/mol. The zero-order valence-electron chi connectivity index (χ0n) is 17.4. The summed E-state index contributed by atoms with van der Waals surface area (Å²) < 4.78 is 19.7. The van der Waals surface area contributed by atoms with Gasteiger partial charge in [0, 0.05) is 47.5 Å². The fourth-order valence-electron chi connectivity index (χ4n) is 5.11. The van der Waals surface area contributed by atoms with Crippen molar-refractivity contribution in [1.29, 1.82) is 0 Å². The molecule has 1 fully saturated rings. The van der Waals surface area contributed by atoms with Crippen molar-refractivity contribution >= 4 is 17.0 Å². The van der Waals surface area contributed by atoms with Crippen molar-refractivity contribution in [1.82, 2.24) is 9.47 Å². The summed E-state index contributed by atoms with van der Waals surface area (Å²) in [6.07, 6.45) is 0.782. The molecule has 1 saturated heterocycles. The van der Waals surface area contributed by atoms with Crippen LogP contribution in [-0.4, -0.2) is 80.2 Å². The third kappa shape index (κ3) is 4.31. The van der Waals surface area contributed by atoms with E-state index in [0.717, 1.165) is 49.0 Å². The molecule has 0 atom stereocenters. The van der Waals surface area contributed by atoms with E-state index in [-0.39, 0.29) is 0 Å². The van der Waals surface area contributed by atoms with Crippen LogP contribution in [0.4, 0.5) is 0 Å². The van der Waals surface area contributed by atoms with E-state index < -0.39 is 17.0 Å². The highest BCUT2D eigenvalue weighted by molar-refractivity contribution is 6.81. The number of hydrogen-bond donors (Lipinski definition) is 0.